The highest BCUT2D eigenvalue weighted by atomic mass is 16.5. The molecule has 4 heteroatoms. The maximum absolute atomic E-state index is 9.49. The third-order valence-corrected chi connectivity index (χ3v) is 2.00. The number of hydrogen-bond donors (Lipinski definition) is 2. The molecule has 1 rings (SSSR count). The van der Waals surface area contributed by atoms with Gasteiger partial charge in [-0.25, -0.2) is 0 Å². The highest BCUT2D eigenvalue weighted by Gasteiger charge is 2.09. The van der Waals surface area contributed by atoms with Gasteiger partial charge in [0.25, 0.3) is 0 Å². The second kappa shape index (κ2) is 4.78. The van der Waals surface area contributed by atoms with Crippen LogP contribution in [0.1, 0.15) is 25.0 Å². The van der Waals surface area contributed by atoms with Crippen molar-refractivity contribution in [2.24, 2.45) is 0 Å². The average molecular weight is 230 g/mol. The number of aliphatic hydroxyl groups is 1. The Hall–Kier alpha value is -2.17. The van der Waals surface area contributed by atoms with Crippen molar-refractivity contribution in [1.29, 1.82) is 5.26 Å². The molecule has 0 aromatic heterocycles. The Kier molecular flexibility index (Phi) is 3.62. The number of ether oxygens (including phenoxy) is 1. The molecule has 0 heterocycles. The van der Waals surface area contributed by atoms with E-state index < -0.39 is 5.60 Å². The van der Waals surface area contributed by atoms with Crippen molar-refractivity contribution < 1.29 is 9.84 Å². The van der Waals surface area contributed by atoms with E-state index in [2.05, 4.69) is 11.8 Å². The Morgan fingerprint density at radius 1 is 1.35 bits per heavy atom. The molecular formula is C13H14N2O2. The number of hydrogen-bond acceptors (Lipinski definition) is 4. The SMILES string of the molecule is COc1cc(N)c(C#CC(C)(C)O)cc1C#N. The lowest BCUT2D eigenvalue weighted by Gasteiger charge is -2.08. The number of methoxy groups -OCH3 is 1. The van der Waals surface area contributed by atoms with Crippen molar-refractivity contribution in [1.82, 2.24) is 0 Å². The molecule has 0 saturated heterocycles. The molecule has 0 radical (unpaired) electrons. The summed E-state index contributed by atoms with van der Waals surface area (Å²) < 4.78 is 5.02. The maximum atomic E-state index is 9.49. The number of benzene rings is 1. The van der Waals surface area contributed by atoms with E-state index in [1.165, 1.54) is 7.11 Å². The Labute approximate surface area is 101 Å². The monoisotopic (exact) mass is 230 g/mol. The molecule has 1 aromatic carbocycles. The molecule has 0 atom stereocenters. The lowest BCUT2D eigenvalue weighted by atomic mass is 10.1. The lowest BCUT2D eigenvalue weighted by molar-refractivity contribution is 0.143. The summed E-state index contributed by atoms with van der Waals surface area (Å²) in [5.41, 5.74) is 5.96. The molecule has 0 amide bonds. The van der Waals surface area contributed by atoms with E-state index >= 15 is 0 Å². The fourth-order valence-electron chi connectivity index (χ4n) is 1.18. The van der Waals surface area contributed by atoms with Gasteiger partial charge < -0.3 is 15.6 Å². The molecule has 88 valence electrons. The molecule has 0 unspecified atom stereocenters. The molecule has 4 nitrogen and oxygen atoms in total. The van der Waals surface area contributed by atoms with Crippen LogP contribution >= 0.6 is 0 Å². The second-order valence-corrected chi connectivity index (χ2v) is 4.06. The van der Waals surface area contributed by atoms with Gasteiger partial charge in [0, 0.05) is 11.6 Å². The Balaban J connectivity index is 3.27. The molecule has 17 heavy (non-hydrogen) atoms. The Morgan fingerprint density at radius 2 is 2.00 bits per heavy atom. The van der Waals surface area contributed by atoms with Gasteiger partial charge in [-0.05, 0) is 19.9 Å². The molecular weight excluding hydrogens is 216 g/mol. The molecule has 3 N–H and O–H groups in total. The van der Waals surface area contributed by atoms with Crippen LogP contribution < -0.4 is 10.5 Å². The van der Waals surface area contributed by atoms with Gasteiger partial charge in [0.1, 0.15) is 17.4 Å². The topological polar surface area (TPSA) is 79.3 Å². The third-order valence-electron chi connectivity index (χ3n) is 2.00. The van der Waals surface area contributed by atoms with Crippen LogP contribution in [0.25, 0.3) is 0 Å². The summed E-state index contributed by atoms with van der Waals surface area (Å²) >= 11 is 0. The molecule has 0 saturated carbocycles. The first-order valence-electron chi connectivity index (χ1n) is 5.00. The van der Waals surface area contributed by atoms with Crippen molar-refractivity contribution in [2.75, 3.05) is 12.8 Å². The summed E-state index contributed by atoms with van der Waals surface area (Å²) in [6.45, 7) is 3.15. The number of anilines is 1. The predicted molar refractivity (Wildman–Crippen MR) is 65.3 cm³/mol. The standard InChI is InChI=1S/C13H14N2O2/c1-13(2,16)5-4-9-6-10(8-14)12(17-3)7-11(9)15/h6-7,16H,15H2,1-3H3. The zero-order valence-electron chi connectivity index (χ0n) is 10.0. The van der Waals surface area contributed by atoms with E-state index in [9.17, 15) is 5.11 Å². The van der Waals surface area contributed by atoms with Crippen LogP contribution in [0.15, 0.2) is 12.1 Å². The molecule has 1 aromatic rings. The van der Waals surface area contributed by atoms with Crippen LogP contribution in [-0.2, 0) is 0 Å². The van der Waals surface area contributed by atoms with Gasteiger partial charge in [-0.15, -0.1) is 0 Å². The second-order valence-electron chi connectivity index (χ2n) is 4.06. The number of nitrogen functional groups attached to an aromatic ring is 1. The van der Waals surface area contributed by atoms with Crippen molar-refractivity contribution in [3.63, 3.8) is 0 Å². The van der Waals surface area contributed by atoms with Crippen LogP contribution in [0, 0.1) is 23.2 Å². The van der Waals surface area contributed by atoms with E-state index in [0.29, 0.717) is 22.6 Å². The summed E-state index contributed by atoms with van der Waals surface area (Å²) in [6, 6.07) is 5.10. The largest absolute Gasteiger partial charge is 0.495 e. The minimum Gasteiger partial charge on any atom is -0.495 e. The summed E-state index contributed by atoms with van der Waals surface area (Å²) in [4.78, 5) is 0. The minimum atomic E-state index is -1.10. The van der Waals surface area contributed by atoms with Crippen molar-refractivity contribution in [3.8, 4) is 23.7 Å². The maximum Gasteiger partial charge on any atom is 0.138 e. The van der Waals surface area contributed by atoms with E-state index in [4.69, 9.17) is 15.7 Å². The van der Waals surface area contributed by atoms with Crippen LogP contribution in [0.5, 0.6) is 5.75 Å². The molecule has 0 spiro atoms. The summed E-state index contributed by atoms with van der Waals surface area (Å²) in [6.07, 6.45) is 0. The normalized spacial score (nSPS) is 10.1. The quantitative estimate of drug-likeness (QED) is 0.562. The fourth-order valence-corrected chi connectivity index (χ4v) is 1.18. The molecule has 0 aliphatic carbocycles. The van der Waals surface area contributed by atoms with Crippen LogP contribution in [0.4, 0.5) is 5.69 Å². The number of rotatable bonds is 1. The summed E-state index contributed by atoms with van der Waals surface area (Å²) in [5.74, 6) is 5.81. The zero-order valence-corrected chi connectivity index (χ0v) is 10.0. The number of nitrogens with zero attached hydrogens (tertiary/aromatic N) is 1. The smallest absolute Gasteiger partial charge is 0.138 e. The van der Waals surface area contributed by atoms with E-state index in [1.54, 1.807) is 26.0 Å². The van der Waals surface area contributed by atoms with Gasteiger partial charge in [-0.3, -0.25) is 0 Å². The van der Waals surface area contributed by atoms with Gasteiger partial charge in [0.2, 0.25) is 0 Å². The summed E-state index contributed by atoms with van der Waals surface area (Å²) in [7, 11) is 1.47. The zero-order chi connectivity index (χ0) is 13.1. The first-order valence-corrected chi connectivity index (χ1v) is 5.00. The number of nitrogens with two attached hydrogens (primary N) is 1. The first-order chi connectivity index (χ1) is 7.87. The van der Waals surface area contributed by atoms with Crippen molar-refractivity contribution in [3.05, 3.63) is 23.3 Å². The molecule has 0 aliphatic heterocycles. The van der Waals surface area contributed by atoms with E-state index in [0.717, 1.165) is 0 Å². The highest BCUT2D eigenvalue weighted by molar-refractivity contribution is 5.64. The van der Waals surface area contributed by atoms with Gasteiger partial charge in [-0.2, -0.15) is 5.26 Å². The van der Waals surface area contributed by atoms with Crippen LogP contribution in [-0.4, -0.2) is 17.8 Å². The Morgan fingerprint density at radius 3 is 2.47 bits per heavy atom. The number of nitriles is 1. The van der Waals surface area contributed by atoms with Gasteiger partial charge in [0.05, 0.1) is 18.4 Å². The first kappa shape index (κ1) is 12.9. The molecule has 0 fully saturated rings. The third kappa shape index (κ3) is 3.41. The Bertz CT molecular complexity index is 525. The average Bonchev–Trinajstić information content (AvgIpc) is 2.25. The highest BCUT2D eigenvalue weighted by Crippen LogP contribution is 2.24. The van der Waals surface area contributed by atoms with Gasteiger partial charge >= 0.3 is 0 Å². The predicted octanol–water partition coefficient (Wildman–Crippen LogP) is 1.27. The van der Waals surface area contributed by atoms with Crippen LogP contribution in [0.3, 0.4) is 0 Å². The fraction of sp³-hybridized carbons (Fsp3) is 0.308. The van der Waals surface area contributed by atoms with Crippen molar-refractivity contribution >= 4 is 5.69 Å². The lowest BCUT2D eigenvalue weighted by Crippen LogP contribution is -2.14. The molecule has 0 bridgehead atoms. The van der Waals surface area contributed by atoms with E-state index in [1.807, 2.05) is 6.07 Å². The van der Waals surface area contributed by atoms with Crippen molar-refractivity contribution in [2.45, 2.75) is 19.4 Å². The minimum absolute atomic E-state index is 0.363. The van der Waals surface area contributed by atoms with Crippen LogP contribution in [0.2, 0.25) is 0 Å². The van der Waals surface area contributed by atoms with Gasteiger partial charge in [0.15, 0.2) is 0 Å². The van der Waals surface area contributed by atoms with E-state index in [-0.39, 0.29) is 0 Å². The summed E-state index contributed by atoms with van der Waals surface area (Å²) in [5, 5.41) is 18.4. The molecule has 0 aliphatic rings. The van der Waals surface area contributed by atoms with Gasteiger partial charge in [-0.1, -0.05) is 11.8 Å².